The first kappa shape index (κ1) is 30.4. The minimum Gasteiger partial charge on any atom is -0.465 e. The highest BCUT2D eigenvalue weighted by molar-refractivity contribution is 5.72. The molecule has 0 bridgehead atoms. The fourth-order valence-electron chi connectivity index (χ4n) is 3.46. The third kappa shape index (κ3) is 13.8. The molecule has 1 aliphatic heterocycles. The molecule has 0 aromatic heterocycles. The Hall–Kier alpha value is -2.60. The zero-order chi connectivity index (χ0) is 26.8. The van der Waals surface area contributed by atoms with Crippen molar-refractivity contribution in [3.05, 3.63) is 0 Å². The van der Waals surface area contributed by atoms with E-state index in [9.17, 15) is 29.4 Å². The van der Waals surface area contributed by atoms with Crippen molar-refractivity contribution in [1.82, 2.24) is 19.6 Å². The van der Waals surface area contributed by atoms with E-state index >= 15 is 0 Å². The van der Waals surface area contributed by atoms with E-state index < -0.39 is 29.4 Å². The molecule has 2 N–H and O–H groups in total. The number of carboxylic acid groups (broad SMARTS) is 2. The summed E-state index contributed by atoms with van der Waals surface area (Å²) in [5.41, 5.74) is -1.27. The van der Waals surface area contributed by atoms with Gasteiger partial charge in [-0.25, -0.2) is 9.59 Å². The summed E-state index contributed by atoms with van der Waals surface area (Å²) >= 11 is 0. The lowest BCUT2D eigenvalue weighted by atomic mass is 10.2. The maximum absolute atomic E-state index is 12.3. The Morgan fingerprint density at radius 2 is 1.00 bits per heavy atom. The molecule has 2 amide bonds. The Morgan fingerprint density at radius 3 is 1.37 bits per heavy atom. The molecule has 1 aliphatic rings. The van der Waals surface area contributed by atoms with E-state index in [1.54, 1.807) is 46.4 Å². The maximum Gasteiger partial charge on any atom is 0.407 e. The van der Waals surface area contributed by atoms with Crippen molar-refractivity contribution in [2.24, 2.45) is 0 Å². The largest absolute Gasteiger partial charge is 0.465 e. The number of hydrogen-bond donors (Lipinski definition) is 2. The van der Waals surface area contributed by atoms with Gasteiger partial charge in [-0.05, 0) is 41.5 Å². The number of amides is 2. The Bertz CT molecular complexity index is 702. The van der Waals surface area contributed by atoms with Crippen LogP contribution in [0.3, 0.4) is 0 Å². The first-order chi connectivity index (χ1) is 16.1. The highest BCUT2D eigenvalue weighted by Crippen LogP contribution is 2.10. The Labute approximate surface area is 207 Å². The molecule has 0 radical (unpaired) electrons. The lowest BCUT2D eigenvalue weighted by Crippen LogP contribution is -2.49. The normalized spacial score (nSPS) is 17.8. The highest BCUT2D eigenvalue weighted by Gasteiger charge is 2.24. The monoisotopic (exact) mass is 502 g/mol. The second-order valence-corrected chi connectivity index (χ2v) is 10.6. The summed E-state index contributed by atoms with van der Waals surface area (Å²) in [4.78, 5) is 54.2. The van der Waals surface area contributed by atoms with E-state index in [-0.39, 0.29) is 58.2 Å². The van der Waals surface area contributed by atoms with Gasteiger partial charge in [0.05, 0.1) is 13.0 Å². The number of carbonyl (C=O) groups is 4. The molecule has 1 heterocycles. The van der Waals surface area contributed by atoms with Crippen molar-refractivity contribution in [2.75, 3.05) is 65.4 Å². The third-order valence-corrected chi connectivity index (χ3v) is 5.11. The van der Waals surface area contributed by atoms with Gasteiger partial charge in [-0.3, -0.25) is 19.4 Å². The molecule has 0 aromatic rings. The molecular weight excluding hydrogens is 460 g/mol. The quantitative estimate of drug-likeness (QED) is 0.533. The van der Waals surface area contributed by atoms with Gasteiger partial charge in [-0.15, -0.1) is 0 Å². The van der Waals surface area contributed by atoms with Crippen LogP contribution in [0.1, 0.15) is 48.0 Å². The molecule has 1 rings (SSSR count). The predicted molar refractivity (Wildman–Crippen MR) is 128 cm³/mol. The van der Waals surface area contributed by atoms with Crippen LogP contribution >= 0.6 is 0 Å². The van der Waals surface area contributed by atoms with E-state index in [0.717, 1.165) is 0 Å². The second kappa shape index (κ2) is 13.5. The summed E-state index contributed by atoms with van der Waals surface area (Å²) in [6, 6.07) is 0. The van der Waals surface area contributed by atoms with Crippen LogP contribution in [-0.4, -0.2) is 131 Å². The summed E-state index contributed by atoms with van der Waals surface area (Å²) in [5, 5.41) is 19.3. The maximum atomic E-state index is 12.3. The molecule has 0 spiro atoms. The van der Waals surface area contributed by atoms with Crippen molar-refractivity contribution in [2.45, 2.75) is 59.2 Å². The van der Waals surface area contributed by atoms with E-state index in [4.69, 9.17) is 9.47 Å². The van der Waals surface area contributed by atoms with Crippen LogP contribution in [0.25, 0.3) is 0 Å². The SMILES string of the molecule is CC(C)(C)OC(=O)CCN1CCN(C(=O)O)CCN(CC(=O)OC(C)(C)C)CCN(C(=O)O)CC1. The average molecular weight is 503 g/mol. The number of rotatable bonds is 5. The van der Waals surface area contributed by atoms with Crippen molar-refractivity contribution >= 4 is 24.1 Å². The summed E-state index contributed by atoms with van der Waals surface area (Å²) in [7, 11) is 0. The van der Waals surface area contributed by atoms with Gasteiger partial charge >= 0.3 is 24.1 Å². The molecular formula is C23H42N4O8. The molecule has 0 atom stereocenters. The van der Waals surface area contributed by atoms with Gasteiger partial charge < -0.3 is 29.5 Å². The fourth-order valence-corrected chi connectivity index (χ4v) is 3.46. The number of esters is 2. The molecule has 12 nitrogen and oxygen atoms in total. The Morgan fingerprint density at radius 1 is 0.629 bits per heavy atom. The van der Waals surface area contributed by atoms with Crippen molar-refractivity contribution < 1.29 is 38.9 Å². The predicted octanol–water partition coefficient (Wildman–Crippen LogP) is 1.64. The standard InChI is InChI=1S/C23H42N4O8/c1-22(2,3)34-18(28)7-8-24-9-13-26(20(30)31)15-11-25(17-19(29)35-23(4,5)6)12-16-27(14-10-24)21(32)33/h7-17H2,1-6H3,(H,30,31)(H,32,33). The smallest absolute Gasteiger partial charge is 0.407 e. The van der Waals surface area contributed by atoms with Gasteiger partial charge in [-0.1, -0.05) is 0 Å². The minimum absolute atomic E-state index is 0.0692. The zero-order valence-corrected chi connectivity index (χ0v) is 21.9. The van der Waals surface area contributed by atoms with E-state index in [0.29, 0.717) is 19.6 Å². The van der Waals surface area contributed by atoms with E-state index in [1.807, 2.05) is 4.90 Å². The first-order valence-corrected chi connectivity index (χ1v) is 11.9. The van der Waals surface area contributed by atoms with Crippen LogP contribution in [0.15, 0.2) is 0 Å². The number of carbonyl (C=O) groups excluding carboxylic acids is 2. The van der Waals surface area contributed by atoms with Crippen LogP contribution in [0.2, 0.25) is 0 Å². The molecule has 0 aromatic carbocycles. The molecule has 0 unspecified atom stereocenters. The molecule has 202 valence electrons. The summed E-state index contributed by atoms with van der Waals surface area (Å²) < 4.78 is 10.7. The molecule has 12 heteroatoms. The van der Waals surface area contributed by atoms with E-state index in [2.05, 4.69) is 0 Å². The van der Waals surface area contributed by atoms with Crippen LogP contribution < -0.4 is 0 Å². The highest BCUT2D eigenvalue weighted by atomic mass is 16.6. The van der Waals surface area contributed by atoms with Crippen LogP contribution in [0.5, 0.6) is 0 Å². The van der Waals surface area contributed by atoms with Crippen molar-refractivity contribution in [3.63, 3.8) is 0 Å². The summed E-state index contributed by atoms with van der Waals surface area (Å²) in [6.45, 7) is 12.7. The summed E-state index contributed by atoms with van der Waals surface area (Å²) in [6.07, 6.45) is -2.06. The fraction of sp³-hybridized carbons (Fsp3) is 0.826. The van der Waals surface area contributed by atoms with Crippen molar-refractivity contribution in [1.29, 1.82) is 0 Å². The zero-order valence-electron chi connectivity index (χ0n) is 21.9. The van der Waals surface area contributed by atoms with Gasteiger partial charge in [0.25, 0.3) is 0 Å². The summed E-state index contributed by atoms with van der Waals surface area (Å²) in [5.74, 6) is -0.826. The van der Waals surface area contributed by atoms with Gasteiger partial charge in [-0.2, -0.15) is 0 Å². The Balaban J connectivity index is 2.90. The number of ether oxygens (including phenoxy) is 2. The minimum atomic E-state index is -1.08. The molecule has 1 fully saturated rings. The molecule has 35 heavy (non-hydrogen) atoms. The Kier molecular flexibility index (Phi) is 11.7. The van der Waals surface area contributed by atoms with Crippen LogP contribution in [-0.2, 0) is 19.1 Å². The molecule has 0 saturated carbocycles. The average Bonchev–Trinajstić information content (AvgIpc) is 2.65. The number of nitrogens with zero attached hydrogens (tertiary/aromatic N) is 4. The molecule has 0 aliphatic carbocycles. The topological polar surface area (TPSA) is 140 Å². The van der Waals surface area contributed by atoms with Gasteiger partial charge in [0.2, 0.25) is 0 Å². The second-order valence-electron chi connectivity index (χ2n) is 10.6. The van der Waals surface area contributed by atoms with Gasteiger partial charge in [0.15, 0.2) is 0 Å². The lowest BCUT2D eigenvalue weighted by Gasteiger charge is -2.33. The van der Waals surface area contributed by atoms with Gasteiger partial charge in [0, 0.05) is 58.9 Å². The molecule has 1 saturated heterocycles. The first-order valence-electron chi connectivity index (χ1n) is 11.9. The lowest BCUT2D eigenvalue weighted by molar-refractivity contribution is -0.157. The van der Waals surface area contributed by atoms with Gasteiger partial charge in [0.1, 0.15) is 11.2 Å². The van der Waals surface area contributed by atoms with Crippen LogP contribution in [0, 0.1) is 0 Å². The third-order valence-electron chi connectivity index (χ3n) is 5.11. The number of hydrogen-bond acceptors (Lipinski definition) is 8. The van der Waals surface area contributed by atoms with Crippen LogP contribution in [0.4, 0.5) is 9.59 Å². The van der Waals surface area contributed by atoms with E-state index in [1.165, 1.54) is 9.80 Å². The van der Waals surface area contributed by atoms with Crippen molar-refractivity contribution in [3.8, 4) is 0 Å².